The third-order valence-electron chi connectivity index (χ3n) is 3.72. The van der Waals surface area contributed by atoms with Crippen LogP contribution in [-0.4, -0.2) is 43.4 Å². The zero-order valence-electron chi connectivity index (χ0n) is 9.97. The molecule has 0 unspecified atom stereocenters. The van der Waals surface area contributed by atoms with Gasteiger partial charge in [-0.2, -0.15) is 4.31 Å². The number of aromatic nitrogens is 1. The van der Waals surface area contributed by atoms with E-state index in [9.17, 15) is 13.2 Å². The fraction of sp³-hybridized carbons (Fsp3) is 0.700. The molecular formula is C10H15N3O3S2. The summed E-state index contributed by atoms with van der Waals surface area (Å²) in [7, 11) is -3.52. The summed E-state index contributed by atoms with van der Waals surface area (Å²) in [6.07, 6.45) is 0.898. The second-order valence-electron chi connectivity index (χ2n) is 4.82. The molecule has 2 aliphatic rings. The highest BCUT2D eigenvalue weighted by Crippen LogP contribution is 2.33. The van der Waals surface area contributed by atoms with E-state index in [-0.39, 0.29) is 15.1 Å². The lowest BCUT2D eigenvalue weighted by atomic mass is 10.1. The predicted octanol–water partition coefficient (Wildman–Crippen LogP) is -0.273. The Morgan fingerprint density at radius 3 is 2.83 bits per heavy atom. The van der Waals surface area contributed by atoms with Crippen LogP contribution in [0.4, 0.5) is 0 Å². The Morgan fingerprint density at radius 1 is 1.39 bits per heavy atom. The Hall–Kier alpha value is -0.700. The first-order chi connectivity index (χ1) is 8.50. The van der Waals surface area contributed by atoms with Crippen molar-refractivity contribution in [3.05, 3.63) is 15.4 Å². The lowest BCUT2D eigenvalue weighted by Crippen LogP contribution is -2.38. The molecule has 3 heterocycles. The van der Waals surface area contributed by atoms with E-state index in [1.807, 2.05) is 0 Å². The summed E-state index contributed by atoms with van der Waals surface area (Å²) >= 11 is 0.781. The molecule has 0 amide bonds. The highest BCUT2D eigenvalue weighted by Gasteiger charge is 2.44. The Kier molecular flexibility index (Phi) is 2.85. The van der Waals surface area contributed by atoms with E-state index in [0.29, 0.717) is 24.7 Å². The molecule has 100 valence electrons. The quantitative estimate of drug-likeness (QED) is 0.785. The van der Waals surface area contributed by atoms with Gasteiger partial charge in [-0.1, -0.05) is 11.3 Å². The third-order valence-corrected chi connectivity index (χ3v) is 7.22. The van der Waals surface area contributed by atoms with Crippen LogP contribution >= 0.6 is 11.3 Å². The standard InChI is InChI=1S/C10H15N3O3S2/c1-6-9(17-10(14)12-6)18(15,16)13-3-2-7-4-11-5-8(7)13/h7-8,11H,2-5H2,1H3,(H,12,14)/t7-,8+/m0/s1. The van der Waals surface area contributed by atoms with Gasteiger partial charge in [-0.25, -0.2) is 8.42 Å². The van der Waals surface area contributed by atoms with Crippen molar-refractivity contribution in [2.45, 2.75) is 23.6 Å². The second-order valence-corrected chi connectivity index (χ2v) is 7.89. The maximum Gasteiger partial charge on any atom is 0.305 e. The molecule has 1 aromatic rings. The number of aryl methyl sites for hydroxylation is 1. The maximum atomic E-state index is 12.6. The molecule has 18 heavy (non-hydrogen) atoms. The van der Waals surface area contributed by atoms with Gasteiger partial charge in [0, 0.05) is 24.8 Å². The van der Waals surface area contributed by atoms with Gasteiger partial charge < -0.3 is 10.3 Å². The Morgan fingerprint density at radius 2 is 2.17 bits per heavy atom. The van der Waals surface area contributed by atoms with Crippen LogP contribution in [0.1, 0.15) is 12.1 Å². The minimum atomic E-state index is -3.52. The SMILES string of the molecule is Cc1[nH]c(=O)sc1S(=O)(=O)N1CC[C@H]2CNC[C@H]21. The number of aromatic amines is 1. The summed E-state index contributed by atoms with van der Waals surface area (Å²) in [4.78, 5) is 13.5. The van der Waals surface area contributed by atoms with Crippen molar-refractivity contribution < 1.29 is 8.42 Å². The van der Waals surface area contributed by atoms with Crippen molar-refractivity contribution in [3.63, 3.8) is 0 Å². The smallest absolute Gasteiger partial charge is 0.305 e. The van der Waals surface area contributed by atoms with Gasteiger partial charge in [-0.3, -0.25) is 4.79 Å². The van der Waals surface area contributed by atoms with Crippen LogP contribution in [0.15, 0.2) is 9.00 Å². The number of hydrogen-bond acceptors (Lipinski definition) is 5. The van der Waals surface area contributed by atoms with Gasteiger partial charge in [0.05, 0.1) is 0 Å². The predicted molar refractivity (Wildman–Crippen MR) is 68.3 cm³/mol. The Labute approximate surface area is 109 Å². The van der Waals surface area contributed by atoms with Crippen molar-refractivity contribution in [1.29, 1.82) is 0 Å². The Balaban J connectivity index is 2.00. The molecule has 2 atom stereocenters. The summed E-state index contributed by atoms with van der Waals surface area (Å²) < 4.78 is 26.8. The molecule has 2 aliphatic heterocycles. The fourth-order valence-electron chi connectivity index (χ4n) is 2.85. The maximum absolute atomic E-state index is 12.6. The molecule has 2 N–H and O–H groups in total. The zero-order chi connectivity index (χ0) is 12.9. The van der Waals surface area contributed by atoms with E-state index in [4.69, 9.17) is 0 Å². The zero-order valence-corrected chi connectivity index (χ0v) is 11.6. The molecule has 0 aliphatic carbocycles. The van der Waals surface area contributed by atoms with Gasteiger partial charge in [0.25, 0.3) is 10.0 Å². The highest BCUT2D eigenvalue weighted by molar-refractivity contribution is 7.91. The molecule has 0 bridgehead atoms. The lowest BCUT2D eigenvalue weighted by Gasteiger charge is -2.22. The summed E-state index contributed by atoms with van der Waals surface area (Å²) in [5, 5.41) is 3.23. The monoisotopic (exact) mass is 289 g/mol. The van der Waals surface area contributed by atoms with E-state index >= 15 is 0 Å². The first kappa shape index (κ1) is 12.3. The normalized spacial score (nSPS) is 28.7. The van der Waals surface area contributed by atoms with Crippen LogP contribution in [0.25, 0.3) is 0 Å². The molecule has 2 saturated heterocycles. The van der Waals surface area contributed by atoms with Crippen LogP contribution in [-0.2, 0) is 10.0 Å². The summed E-state index contributed by atoms with van der Waals surface area (Å²) in [5.41, 5.74) is 0.444. The molecule has 0 aromatic carbocycles. The van der Waals surface area contributed by atoms with Crippen molar-refractivity contribution in [3.8, 4) is 0 Å². The van der Waals surface area contributed by atoms with Gasteiger partial charge in [0.2, 0.25) is 0 Å². The largest absolute Gasteiger partial charge is 0.315 e. The molecular weight excluding hydrogens is 274 g/mol. The number of hydrogen-bond donors (Lipinski definition) is 2. The second kappa shape index (κ2) is 4.16. The van der Waals surface area contributed by atoms with Gasteiger partial charge in [0.15, 0.2) is 4.21 Å². The van der Waals surface area contributed by atoms with Gasteiger partial charge in [-0.05, 0) is 25.8 Å². The van der Waals surface area contributed by atoms with Gasteiger partial charge >= 0.3 is 4.87 Å². The molecule has 0 radical (unpaired) electrons. The number of thiazole rings is 1. The van der Waals surface area contributed by atoms with Crippen LogP contribution in [0.2, 0.25) is 0 Å². The highest BCUT2D eigenvalue weighted by atomic mass is 32.2. The van der Waals surface area contributed by atoms with E-state index in [0.717, 1.165) is 24.3 Å². The first-order valence-electron chi connectivity index (χ1n) is 5.92. The molecule has 6 nitrogen and oxygen atoms in total. The van der Waals surface area contributed by atoms with Crippen molar-refractivity contribution in [2.24, 2.45) is 5.92 Å². The molecule has 2 fully saturated rings. The number of nitrogens with zero attached hydrogens (tertiary/aromatic N) is 1. The van der Waals surface area contributed by atoms with Crippen LogP contribution in [0, 0.1) is 12.8 Å². The minimum absolute atomic E-state index is 0.0478. The van der Waals surface area contributed by atoms with E-state index < -0.39 is 10.0 Å². The number of H-pyrrole nitrogens is 1. The van der Waals surface area contributed by atoms with Crippen molar-refractivity contribution in [2.75, 3.05) is 19.6 Å². The lowest BCUT2D eigenvalue weighted by molar-refractivity contribution is 0.383. The van der Waals surface area contributed by atoms with Crippen LogP contribution < -0.4 is 10.2 Å². The molecule has 0 spiro atoms. The average Bonchev–Trinajstić information content (AvgIpc) is 2.91. The fourth-order valence-corrected chi connectivity index (χ4v) is 5.96. The molecule has 8 heteroatoms. The summed E-state index contributed by atoms with van der Waals surface area (Å²) in [5.74, 6) is 0.413. The number of rotatable bonds is 2. The summed E-state index contributed by atoms with van der Waals surface area (Å²) in [6, 6.07) is 0.0478. The van der Waals surface area contributed by atoms with Gasteiger partial charge in [-0.15, -0.1) is 0 Å². The molecule has 3 rings (SSSR count). The minimum Gasteiger partial charge on any atom is -0.315 e. The number of fused-ring (bicyclic) bond motifs is 1. The summed E-state index contributed by atoms with van der Waals surface area (Å²) in [6.45, 7) is 3.79. The average molecular weight is 289 g/mol. The molecule has 1 aromatic heterocycles. The van der Waals surface area contributed by atoms with Crippen molar-refractivity contribution >= 4 is 21.4 Å². The van der Waals surface area contributed by atoms with E-state index in [2.05, 4.69) is 10.3 Å². The third kappa shape index (κ3) is 1.75. The van der Waals surface area contributed by atoms with E-state index in [1.54, 1.807) is 11.2 Å². The van der Waals surface area contributed by atoms with Crippen molar-refractivity contribution in [1.82, 2.24) is 14.6 Å². The number of sulfonamides is 1. The topological polar surface area (TPSA) is 82.3 Å². The number of nitrogens with one attached hydrogen (secondary N) is 2. The van der Waals surface area contributed by atoms with Crippen LogP contribution in [0.3, 0.4) is 0 Å². The first-order valence-corrected chi connectivity index (χ1v) is 8.18. The van der Waals surface area contributed by atoms with Crippen LogP contribution in [0.5, 0.6) is 0 Å². The van der Waals surface area contributed by atoms with Gasteiger partial charge in [0.1, 0.15) is 0 Å². The Bertz CT molecular complexity index is 619. The molecule has 0 saturated carbocycles. The van der Waals surface area contributed by atoms with E-state index in [1.165, 1.54) is 0 Å².